The van der Waals surface area contributed by atoms with E-state index in [-0.39, 0.29) is 17.1 Å². The number of nitrogens with zero attached hydrogens (tertiary/aromatic N) is 1. The van der Waals surface area contributed by atoms with Crippen LogP contribution in [0.2, 0.25) is 0 Å². The van der Waals surface area contributed by atoms with E-state index in [0.29, 0.717) is 34.6 Å². The molecule has 0 saturated carbocycles. The van der Waals surface area contributed by atoms with Gasteiger partial charge in [-0.1, -0.05) is 39.7 Å². The molecule has 6 heteroatoms. The Hall–Kier alpha value is -3.38. The van der Waals surface area contributed by atoms with Gasteiger partial charge in [0.2, 0.25) is 5.76 Å². The zero-order valence-electron chi connectivity index (χ0n) is 17.6. The van der Waals surface area contributed by atoms with Crippen LogP contribution < -0.4 is 15.1 Å². The summed E-state index contributed by atoms with van der Waals surface area (Å²) in [6, 6.07) is 19.7. The van der Waals surface area contributed by atoms with Crippen LogP contribution in [0.25, 0.3) is 11.0 Å². The number of hydrogen-bond acceptors (Lipinski definition) is 4. The zero-order chi connectivity index (χ0) is 22.4. The molecule has 3 aromatic carbocycles. The van der Waals surface area contributed by atoms with Gasteiger partial charge in [0.1, 0.15) is 11.3 Å². The van der Waals surface area contributed by atoms with E-state index >= 15 is 0 Å². The van der Waals surface area contributed by atoms with Crippen molar-refractivity contribution in [2.24, 2.45) is 0 Å². The number of fused-ring (bicyclic) bond motifs is 2. The lowest BCUT2D eigenvalue weighted by atomic mass is 9.97. The predicted molar refractivity (Wildman–Crippen MR) is 128 cm³/mol. The monoisotopic (exact) mass is 489 g/mol. The fourth-order valence-corrected chi connectivity index (χ4v) is 4.48. The molecule has 0 bridgehead atoms. The average Bonchev–Trinajstić information content (AvgIpc) is 3.08. The molecule has 4 aromatic rings. The van der Waals surface area contributed by atoms with Crippen molar-refractivity contribution in [1.29, 1.82) is 0 Å². The lowest BCUT2D eigenvalue weighted by Gasteiger charge is -2.25. The maximum Gasteiger partial charge on any atom is 0.295 e. The van der Waals surface area contributed by atoms with Gasteiger partial charge in [-0.15, -0.1) is 0 Å². The Morgan fingerprint density at radius 2 is 1.81 bits per heavy atom. The first-order valence-corrected chi connectivity index (χ1v) is 11.2. The van der Waals surface area contributed by atoms with Gasteiger partial charge in [-0.25, -0.2) is 0 Å². The Balaban J connectivity index is 1.79. The first-order valence-electron chi connectivity index (χ1n) is 10.4. The lowest BCUT2D eigenvalue weighted by molar-refractivity contribution is 0.0971. The highest BCUT2D eigenvalue weighted by Crippen LogP contribution is 2.42. The quantitative estimate of drug-likeness (QED) is 0.352. The van der Waals surface area contributed by atoms with Crippen LogP contribution in [0, 0.1) is 6.92 Å². The predicted octanol–water partition coefficient (Wildman–Crippen LogP) is 6.01. The highest BCUT2D eigenvalue weighted by Gasteiger charge is 2.43. The van der Waals surface area contributed by atoms with Gasteiger partial charge in [0, 0.05) is 10.2 Å². The third-order valence-corrected chi connectivity index (χ3v) is 6.14. The SMILES string of the molecule is CCOc1cccc(C2c3c(oc4ccc(C)cc4c3=O)C(=O)N2c2ccc(Br)cc2)c1. The lowest BCUT2D eigenvalue weighted by Crippen LogP contribution is -2.29. The molecule has 0 saturated heterocycles. The first-order chi connectivity index (χ1) is 15.5. The third kappa shape index (κ3) is 3.31. The summed E-state index contributed by atoms with van der Waals surface area (Å²) in [5.41, 5.74) is 2.98. The van der Waals surface area contributed by atoms with Crippen molar-refractivity contribution in [3.63, 3.8) is 0 Å². The Kier molecular flexibility index (Phi) is 5.10. The van der Waals surface area contributed by atoms with Gasteiger partial charge in [0.15, 0.2) is 5.43 Å². The molecule has 0 radical (unpaired) electrons. The van der Waals surface area contributed by atoms with Gasteiger partial charge < -0.3 is 9.15 Å². The van der Waals surface area contributed by atoms with Gasteiger partial charge in [0.25, 0.3) is 5.91 Å². The summed E-state index contributed by atoms with van der Waals surface area (Å²) < 4.78 is 12.6. The molecule has 2 heterocycles. The number of carbonyl (C=O) groups is 1. The molecule has 0 fully saturated rings. The molecule has 0 aliphatic carbocycles. The van der Waals surface area contributed by atoms with Crippen molar-refractivity contribution >= 4 is 38.5 Å². The van der Waals surface area contributed by atoms with Crippen LogP contribution in [0.1, 0.15) is 40.2 Å². The highest BCUT2D eigenvalue weighted by molar-refractivity contribution is 9.10. The summed E-state index contributed by atoms with van der Waals surface area (Å²) in [7, 11) is 0. The summed E-state index contributed by atoms with van der Waals surface area (Å²) in [5.74, 6) is 0.428. The van der Waals surface area contributed by atoms with Crippen molar-refractivity contribution in [3.05, 3.63) is 104 Å². The molecule has 1 aliphatic heterocycles. The van der Waals surface area contributed by atoms with Gasteiger partial charge in [-0.2, -0.15) is 0 Å². The van der Waals surface area contributed by atoms with Gasteiger partial charge in [0.05, 0.1) is 23.6 Å². The highest BCUT2D eigenvalue weighted by atomic mass is 79.9. The molecular weight excluding hydrogens is 470 g/mol. The summed E-state index contributed by atoms with van der Waals surface area (Å²) in [5, 5.41) is 0.472. The van der Waals surface area contributed by atoms with E-state index in [1.165, 1.54) is 0 Å². The van der Waals surface area contributed by atoms with E-state index in [1.807, 2.05) is 74.5 Å². The third-order valence-electron chi connectivity index (χ3n) is 5.62. The number of rotatable bonds is 4. The van der Waals surface area contributed by atoms with Crippen molar-refractivity contribution in [2.45, 2.75) is 19.9 Å². The number of amides is 1. The van der Waals surface area contributed by atoms with Crippen LogP contribution in [0.3, 0.4) is 0 Å². The summed E-state index contributed by atoms with van der Waals surface area (Å²) >= 11 is 3.44. The molecule has 1 unspecified atom stereocenters. The van der Waals surface area contributed by atoms with E-state index < -0.39 is 6.04 Å². The van der Waals surface area contributed by atoms with Crippen LogP contribution in [-0.4, -0.2) is 12.5 Å². The number of aryl methyl sites for hydroxylation is 1. The molecule has 5 rings (SSSR count). The molecule has 1 amide bonds. The molecule has 0 spiro atoms. The van der Waals surface area contributed by atoms with Crippen LogP contribution in [-0.2, 0) is 0 Å². The number of carbonyl (C=O) groups excluding carboxylic acids is 1. The Bertz CT molecular complexity index is 1410. The molecule has 160 valence electrons. The van der Waals surface area contributed by atoms with Crippen molar-refractivity contribution in [3.8, 4) is 5.75 Å². The number of anilines is 1. The molecule has 1 atom stereocenters. The van der Waals surface area contributed by atoms with E-state index in [0.717, 1.165) is 15.6 Å². The second-order valence-corrected chi connectivity index (χ2v) is 8.65. The molecule has 1 aromatic heterocycles. The molecule has 5 nitrogen and oxygen atoms in total. The Morgan fingerprint density at radius 1 is 1.03 bits per heavy atom. The fourth-order valence-electron chi connectivity index (χ4n) is 4.21. The van der Waals surface area contributed by atoms with E-state index in [1.54, 1.807) is 11.0 Å². The maximum absolute atomic E-state index is 13.7. The van der Waals surface area contributed by atoms with Gasteiger partial charge in [-0.05, 0) is 67.9 Å². The minimum Gasteiger partial charge on any atom is -0.494 e. The fraction of sp³-hybridized carbons (Fsp3) is 0.154. The second kappa shape index (κ2) is 7.95. The molecule has 1 aliphatic rings. The smallest absolute Gasteiger partial charge is 0.295 e. The minimum atomic E-state index is -0.625. The van der Waals surface area contributed by atoms with Crippen LogP contribution in [0.4, 0.5) is 5.69 Å². The Labute approximate surface area is 193 Å². The normalized spacial score (nSPS) is 15.3. The summed E-state index contributed by atoms with van der Waals surface area (Å²) in [6.07, 6.45) is 0. The average molecular weight is 490 g/mol. The molecule has 0 N–H and O–H groups in total. The summed E-state index contributed by atoms with van der Waals surface area (Å²) in [4.78, 5) is 28.9. The van der Waals surface area contributed by atoms with E-state index in [2.05, 4.69) is 15.9 Å². The number of benzene rings is 3. The topological polar surface area (TPSA) is 59.8 Å². The van der Waals surface area contributed by atoms with E-state index in [9.17, 15) is 9.59 Å². The maximum atomic E-state index is 13.7. The van der Waals surface area contributed by atoms with Crippen molar-refractivity contribution in [2.75, 3.05) is 11.5 Å². The van der Waals surface area contributed by atoms with Gasteiger partial charge >= 0.3 is 0 Å². The van der Waals surface area contributed by atoms with Crippen LogP contribution in [0.5, 0.6) is 5.75 Å². The largest absolute Gasteiger partial charge is 0.494 e. The molecule has 32 heavy (non-hydrogen) atoms. The van der Waals surface area contributed by atoms with E-state index in [4.69, 9.17) is 9.15 Å². The molecular formula is C26H20BrNO4. The number of ether oxygens (including phenoxy) is 1. The van der Waals surface area contributed by atoms with Gasteiger partial charge in [-0.3, -0.25) is 14.5 Å². The standard InChI is InChI=1S/C26H20BrNO4/c1-3-31-19-6-4-5-16(14-19)23-22-24(29)20-13-15(2)7-12-21(20)32-25(22)26(30)28(23)18-10-8-17(27)9-11-18/h4-14,23H,3H2,1-2H3. The second-order valence-electron chi connectivity index (χ2n) is 7.73. The Morgan fingerprint density at radius 3 is 2.56 bits per heavy atom. The summed E-state index contributed by atoms with van der Waals surface area (Å²) in [6.45, 7) is 4.36. The number of halogens is 1. The first kappa shape index (κ1) is 20.5. The van der Waals surface area contributed by atoms with Crippen molar-refractivity contribution < 1.29 is 13.9 Å². The minimum absolute atomic E-state index is 0.0843. The zero-order valence-corrected chi connectivity index (χ0v) is 19.2. The van der Waals surface area contributed by atoms with Crippen LogP contribution >= 0.6 is 15.9 Å². The number of hydrogen-bond donors (Lipinski definition) is 0. The van der Waals surface area contributed by atoms with Crippen LogP contribution in [0.15, 0.2) is 80.4 Å². The van der Waals surface area contributed by atoms with Crippen molar-refractivity contribution in [1.82, 2.24) is 0 Å².